The topological polar surface area (TPSA) is 72.3 Å². The number of piperidine rings is 1. The quantitative estimate of drug-likeness (QED) is 0.861. The summed E-state index contributed by atoms with van der Waals surface area (Å²) in [5, 5.41) is 11.3. The molecule has 0 unspecified atom stereocenters. The van der Waals surface area contributed by atoms with Crippen molar-refractivity contribution in [3.63, 3.8) is 0 Å². The zero-order valence-electron chi connectivity index (χ0n) is 11.5. The average molecular weight is 267 g/mol. The maximum Gasteiger partial charge on any atom is 0.409 e. The van der Waals surface area contributed by atoms with E-state index in [1.165, 1.54) is 0 Å². The van der Waals surface area contributed by atoms with E-state index in [9.17, 15) is 4.79 Å². The molecule has 0 aliphatic carbocycles. The zero-order chi connectivity index (χ0) is 13.7. The Morgan fingerprint density at radius 3 is 2.84 bits per heavy atom. The number of ether oxygens (including phenoxy) is 1. The number of carbonyl (C=O) groups excluding carboxylic acids is 1. The van der Waals surface area contributed by atoms with Crippen LogP contribution in [0.2, 0.25) is 0 Å². The molecule has 1 N–H and O–H groups in total. The minimum absolute atomic E-state index is 0.200. The van der Waals surface area contributed by atoms with Crippen LogP contribution in [0.25, 0.3) is 0 Å². The van der Waals surface area contributed by atoms with Gasteiger partial charge in [-0.25, -0.2) is 4.79 Å². The van der Waals surface area contributed by atoms with Gasteiger partial charge in [-0.1, -0.05) is 0 Å². The lowest BCUT2D eigenvalue weighted by atomic mass is 10.1. The number of amides is 1. The van der Waals surface area contributed by atoms with Crippen molar-refractivity contribution in [3.05, 3.63) is 12.2 Å². The van der Waals surface area contributed by atoms with Crippen molar-refractivity contribution in [1.82, 2.24) is 25.0 Å². The van der Waals surface area contributed by atoms with Gasteiger partial charge in [-0.2, -0.15) is 0 Å². The monoisotopic (exact) mass is 267 g/mol. The third-order valence-electron chi connectivity index (χ3n) is 3.37. The zero-order valence-corrected chi connectivity index (χ0v) is 11.5. The van der Waals surface area contributed by atoms with Gasteiger partial charge >= 0.3 is 6.09 Å². The van der Waals surface area contributed by atoms with E-state index in [-0.39, 0.29) is 6.09 Å². The highest BCUT2D eigenvalue weighted by Crippen LogP contribution is 2.11. The van der Waals surface area contributed by atoms with Crippen LogP contribution < -0.4 is 5.32 Å². The molecule has 0 radical (unpaired) electrons. The van der Waals surface area contributed by atoms with Crippen molar-refractivity contribution in [3.8, 4) is 0 Å². The third kappa shape index (κ3) is 3.66. The van der Waals surface area contributed by atoms with Gasteiger partial charge in [0.05, 0.1) is 13.2 Å². The number of carbonyl (C=O) groups is 1. The van der Waals surface area contributed by atoms with Crippen molar-refractivity contribution >= 4 is 6.09 Å². The fourth-order valence-corrected chi connectivity index (χ4v) is 2.18. The fourth-order valence-electron chi connectivity index (χ4n) is 2.18. The van der Waals surface area contributed by atoms with Gasteiger partial charge in [0.15, 0.2) is 0 Å². The molecule has 2 heterocycles. The first-order chi connectivity index (χ1) is 9.20. The maximum atomic E-state index is 11.6. The Labute approximate surface area is 112 Å². The Morgan fingerprint density at radius 1 is 1.53 bits per heavy atom. The van der Waals surface area contributed by atoms with E-state index in [1.54, 1.807) is 11.2 Å². The molecule has 1 aliphatic rings. The number of aromatic nitrogens is 3. The maximum absolute atomic E-state index is 11.6. The van der Waals surface area contributed by atoms with Gasteiger partial charge in [0.2, 0.25) is 0 Å². The molecule has 0 bridgehead atoms. The molecule has 2 rings (SSSR count). The lowest BCUT2D eigenvalue weighted by Crippen LogP contribution is -2.45. The van der Waals surface area contributed by atoms with Crippen LogP contribution in [0.4, 0.5) is 4.79 Å². The Balaban J connectivity index is 1.72. The van der Waals surface area contributed by atoms with Crippen molar-refractivity contribution in [2.45, 2.75) is 32.4 Å². The molecule has 1 aliphatic heterocycles. The van der Waals surface area contributed by atoms with Gasteiger partial charge in [-0.15, -0.1) is 10.2 Å². The van der Waals surface area contributed by atoms with Crippen molar-refractivity contribution in [2.24, 2.45) is 7.05 Å². The van der Waals surface area contributed by atoms with Crippen LogP contribution in [0.5, 0.6) is 0 Å². The fraction of sp³-hybridized carbons (Fsp3) is 0.750. The molecule has 1 saturated heterocycles. The van der Waals surface area contributed by atoms with Crippen LogP contribution in [0.15, 0.2) is 6.33 Å². The third-order valence-corrected chi connectivity index (χ3v) is 3.37. The van der Waals surface area contributed by atoms with E-state index in [0.717, 1.165) is 31.8 Å². The molecule has 19 heavy (non-hydrogen) atoms. The number of nitrogens with zero attached hydrogens (tertiary/aromatic N) is 4. The lowest BCUT2D eigenvalue weighted by molar-refractivity contribution is 0.0949. The number of aryl methyl sites for hydroxylation is 1. The van der Waals surface area contributed by atoms with Crippen LogP contribution in [0, 0.1) is 0 Å². The Hall–Kier alpha value is -1.63. The smallest absolute Gasteiger partial charge is 0.409 e. The summed E-state index contributed by atoms with van der Waals surface area (Å²) in [7, 11) is 1.93. The van der Waals surface area contributed by atoms with Crippen molar-refractivity contribution < 1.29 is 9.53 Å². The van der Waals surface area contributed by atoms with Crippen molar-refractivity contribution in [1.29, 1.82) is 0 Å². The van der Waals surface area contributed by atoms with E-state index in [1.807, 2.05) is 18.5 Å². The molecule has 1 fully saturated rings. The molecule has 1 aromatic rings. The van der Waals surface area contributed by atoms with Crippen LogP contribution in [-0.4, -0.2) is 51.5 Å². The number of rotatable bonds is 4. The van der Waals surface area contributed by atoms with Crippen LogP contribution >= 0.6 is 0 Å². The number of hydrogen-bond acceptors (Lipinski definition) is 5. The Kier molecular flexibility index (Phi) is 4.73. The molecular formula is C12H21N5O2. The summed E-state index contributed by atoms with van der Waals surface area (Å²) >= 11 is 0. The largest absolute Gasteiger partial charge is 0.450 e. The summed E-state index contributed by atoms with van der Waals surface area (Å²) in [5.41, 5.74) is 0. The first kappa shape index (κ1) is 13.8. The van der Waals surface area contributed by atoms with Gasteiger partial charge in [0.25, 0.3) is 0 Å². The molecule has 1 aromatic heterocycles. The van der Waals surface area contributed by atoms with Crippen LogP contribution in [0.3, 0.4) is 0 Å². The van der Waals surface area contributed by atoms with E-state index in [4.69, 9.17) is 4.74 Å². The standard InChI is InChI=1S/C12H21N5O2/c1-3-19-12(18)17-6-4-10(5-7-17)13-8-11-15-14-9-16(11)2/h9-10,13H,3-8H2,1-2H3. The normalized spacial score (nSPS) is 16.6. The summed E-state index contributed by atoms with van der Waals surface area (Å²) in [6.45, 7) is 4.46. The van der Waals surface area contributed by atoms with E-state index in [0.29, 0.717) is 19.2 Å². The van der Waals surface area contributed by atoms with Crippen LogP contribution in [-0.2, 0) is 18.3 Å². The van der Waals surface area contributed by atoms with Crippen molar-refractivity contribution in [2.75, 3.05) is 19.7 Å². The second kappa shape index (κ2) is 6.51. The minimum atomic E-state index is -0.200. The van der Waals surface area contributed by atoms with Gasteiger partial charge in [0, 0.05) is 26.2 Å². The van der Waals surface area contributed by atoms with E-state index < -0.39 is 0 Å². The minimum Gasteiger partial charge on any atom is -0.450 e. The molecule has 7 nitrogen and oxygen atoms in total. The number of hydrogen-bond donors (Lipinski definition) is 1. The summed E-state index contributed by atoms with van der Waals surface area (Å²) in [5.74, 6) is 0.924. The van der Waals surface area contributed by atoms with Gasteiger partial charge in [-0.05, 0) is 19.8 Å². The first-order valence-corrected chi connectivity index (χ1v) is 6.68. The molecular weight excluding hydrogens is 246 g/mol. The Bertz CT molecular complexity index is 412. The number of nitrogens with one attached hydrogen (secondary N) is 1. The lowest BCUT2D eigenvalue weighted by Gasteiger charge is -2.31. The Morgan fingerprint density at radius 2 is 2.26 bits per heavy atom. The average Bonchev–Trinajstić information content (AvgIpc) is 2.83. The SMILES string of the molecule is CCOC(=O)N1CCC(NCc2nncn2C)CC1. The summed E-state index contributed by atoms with van der Waals surface area (Å²) in [6.07, 6.45) is 3.38. The molecule has 0 spiro atoms. The van der Waals surface area contributed by atoms with Gasteiger partial charge < -0.3 is 19.5 Å². The molecule has 1 amide bonds. The predicted octanol–water partition coefficient (Wildman–Crippen LogP) is 0.526. The molecule has 0 saturated carbocycles. The van der Waals surface area contributed by atoms with E-state index >= 15 is 0 Å². The van der Waals surface area contributed by atoms with Gasteiger partial charge in [0.1, 0.15) is 12.2 Å². The second-order valence-electron chi connectivity index (χ2n) is 4.70. The molecule has 0 aromatic carbocycles. The summed E-state index contributed by atoms with van der Waals surface area (Å²) < 4.78 is 6.90. The molecule has 7 heteroatoms. The van der Waals surface area contributed by atoms with Gasteiger partial charge in [-0.3, -0.25) is 0 Å². The molecule has 0 atom stereocenters. The summed E-state index contributed by atoms with van der Waals surface area (Å²) in [4.78, 5) is 13.3. The highest BCUT2D eigenvalue weighted by Gasteiger charge is 2.23. The number of likely N-dealkylation sites (tertiary alicyclic amines) is 1. The second-order valence-corrected chi connectivity index (χ2v) is 4.70. The van der Waals surface area contributed by atoms with Crippen LogP contribution in [0.1, 0.15) is 25.6 Å². The highest BCUT2D eigenvalue weighted by molar-refractivity contribution is 5.67. The summed E-state index contributed by atoms with van der Waals surface area (Å²) in [6, 6.07) is 0.419. The predicted molar refractivity (Wildman–Crippen MR) is 69.5 cm³/mol. The highest BCUT2D eigenvalue weighted by atomic mass is 16.6. The molecule has 106 valence electrons. The van der Waals surface area contributed by atoms with E-state index in [2.05, 4.69) is 15.5 Å². The first-order valence-electron chi connectivity index (χ1n) is 6.68.